The quantitative estimate of drug-likeness (QED) is 0.420. The maximum atomic E-state index is 13.5. The first-order valence-electron chi connectivity index (χ1n) is 12.1. The molecule has 4 aromatic rings. The van der Waals surface area contributed by atoms with Crippen LogP contribution in [0.2, 0.25) is 0 Å². The van der Waals surface area contributed by atoms with Crippen molar-refractivity contribution in [2.45, 2.75) is 44.8 Å². The van der Waals surface area contributed by atoms with Gasteiger partial charge in [-0.2, -0.15) is 0 Å². The van der Waals surface area contributed by atoms with Crippen LogP contribution >= 0.6 is 0 Å². The molecule has 1 aromatic heterocycles. The van der Waals surface area contributed by atoms with E-state index in [9.17, 15) is 4.79 Å². The van der Waals surface area contributed by atoms with Crippen molar-refractivity contribution in [2.24, 2.45) is 0 Å². The molecule has 172 valence electrons. The minimum absolute atomic E-state index is 0.142. The third kappa shape index (κ3) is 5.02. The van der Waals surface area contributed by atoms with Crippen molar-refractivity contribution < 1.29 is 4.79 Å². The maximum Gasteiger partial charge on any atom is 0.254 e. The van der Waals surface area contributed by atoms with Gasteiger partial charge in [-0.15, -0.1) is 0 Å². The summed E-state index contributed by atoms with van der Waals surface area (Å²) in [6, 6.07) is 29.4. The molecular formula is C30H31N3O. The van der Waals surface area contributed by atoms with Crippen LogP contribution < -0.4 is 5.32 Å². The Bertz CT molecular complexity index is 1270. The number of nitrogens with one attached hydrogen (secondary N) is 1. The predicted molar refractivity (Wildman–Crippen MR) is 138 cm³/mol. The van der Waals surface area contributed by atoms with Crippen molar-refractivity contribution in [3.63, 3.8) is 0 Å². The lowest BCUT2D eigenvalue weighted by atomic mass is 9.91. The molecule has 1 aliphatic rings. The van der Waals surface area contributed by atoms with E-state index in [4.69, 9.17) is 0 Å². The highest BCUT2D eigenvalue weighted by atomic mass is 16.2. The summed E-state index contributed by atoms with van der Waals surface area (Å²) in [5, 5.41) is 4.99. The van der Waals surface area contributed by atoms with Crippen molar-refractivity contribution in [1.82, 2.24) is 15.2 Å². The zero-order valence-electron chi connectivity index (χ0n) is 19.7. The van der Waals surface area contributed by atoms with Crippen LogP contribution in [0.25, 0.3) is 10.9 Å². The molecule has 0 spiro atoms. The van der Waals surface area contributed by atoms with Crippen molar-refractivity contribution in [3.05, 3.63) is 113 Å². The normalized spacial score (nSPS) is 18.2. The standard InChI is InChI=1S/C30H31N3O/c1-22-8-7-11-24(18-22)30(34)33-17-15-26(20-27(33)19-23-9-3-2-4-10-23)32-21-25-14-16-31-29-13-6-5-12-28(25)29/h2-14,16,18,26-27,32H,15,17,19-21H2,1H3/t26-,27+/m0/s1. The number of benzene rings is 3. The van der Waals surface area contributed by atoms with Gasteiger partial charge in [0, 0.05) is 42.3 Å². The van der Waals surface area contributed by atoms with Crippen molar-refractivity contribution in [3.8, 4) is 0 Å². The van der Waals surface area contributed by atoms with Gasteiger partial charge in [0.05, 0.1) is 5.52 Å². The number of amides is 1. The van der Waals surface area contributed by atoms with E-state index < -0.39 is 0 Å². The van der Waals surface area contributed by atoms with Crippen molar-refractivity contribution >= 4 is 16.8 Å². The fourth-order valence-electron chi connectivity index (χ4n) is 5.09. The topological polar surface area (TPSA) is 45.2 Å². The van der Waals surface area contributed by atoms with Crippen LogP contribution in [-0.4, -0.2) is 34.4 Å². The lowest BCUT2D eigenvalue weighted by molar-refractivity contribution is 0.0576. The van der Waals surface area contributed by atoms with Crippen LogP contribution in [0.1, 0.15) is 39.9 Å². The molecule has 0 radical (unpaired) electrons. The molecule has 5 rings (SSSR count). The van der Waals surface area contributed by atoms with E-state index in [-0.39, 0.29) is 11.9 Å². The summed E-state index contributed by atoms with van der Waals surface area (Å²) in [4.78, 5) is 20.1. The lowest BCUT2D eigenvalue weighted by Crippen LogP contribution is -2.51. The minimum Gasteiger partial charge on any atom is -0.335 e. The first-order chi connectivity index (χ1) is 16.7. The Labute approximate surface area is 201 Å². The van der Waals surface area contributed by atoms with E-state index in [2.05, 4.69) is 63.7 Å². The number of para-hydroxylation sites is 1. The number of likely N-dealkylation sites (tertiary alicyclic amines) is 1. The molecule has 3 aromatic carbocycles. The van der Waals surface area contributed by atoms with Crippen LogP contribution in [-0.2, 0) is 13.0 Å². The second kappa shape index (κ2) is 10.2. The SMILES string of the molecule is Cc1cccc(C(=O)N2CC[C@H](NCc3ccnc4ccccc34)C[C@H]2Cc2ccccc2)c1. The maximum absolute atomic E-state index is 13.5. The summed E-state index contributed by atoms with van der Waals surface area (Å²) in [5.74, 6) is 0.142. The van der Waals surface area contributed by atoms with Crippen LogP contribution in [0.15, 0.2) is 91.1 Å². The molecule has 1 N–H and O–H groups in total. The number of carbonyl (C=O) groups is 1. The number of rotatable bonds is 6. The average Bonchev–Trinajstić information content (AvgIpc) is 2.88. The Hall–Kier alpha value is -3.50. The highest BCUT2D eigenvalue weighted by molar-refractivity contribution is 5.94. The van der Waals surface area contributed by atoms with Gasteiger partial charge in [-0.1, -0.05) is 66.2 Å². The minimum atomic E-state index is 0.142. The lowest BCUT2D eigenvalue weighted by Gasteiger charge is -2.40. The van der Waals surface area contributed by atoms with Crippen molar-refractivity contribution in [2.75, 3.05) is 6.54 Å². The first-order valence-corrected chi connectivity index (χ1v) is 12.1. The van der Waals surface area contributed by atoms with Crippen LogP contribution in [0.5, 0.6) is 0 Å². The number of hydrogen-bond donors (Lipinski definition) is 1. The van der Waals surface area contributed by atoms with E-state index in [0.29, 0.717) is 6.04 Å². The van der Waals surface area contributed by atoms with Gasteiger partial charge in [0.25, 0.3) is 5.91 Å². The predicted octanol–water partition coefficient (Wildman–Crippen LogP) is 5.55. The van der Waals surface area contributed by atoms with Gasteiger partial charge in [-0.3, -0.25) is 9.78 Å². The number of aryl methyl sites for hydroxylation is 1. The molecule has 4 nitrogen and oxygen atoms in total. The molecule has 0 aliphatic carbocycles. The second-order valence-corrected chi connectivity index (χ2v) is 9.30. The summed E-state index contributed by atoms with van der Waals surface area (Å²) in [5.41, 5.74) is 5.47. The smallest absolute Gasteiger partial charge is 0.254 e. The van der Waals surface area contributed by atoms with Gasteiger partial charge < -0.3 is 10.2 Å². The molecule has 0 saturated carbocycles. The number of nitrogens with zero attached hydrogens (tertiary/aromatic N) is 2. The van der Waals surface area contributed by atoms with E-state index >= 15 is 0 Å². The zero-order chi connectivity index (χ0) is 23.3. The van der Waals surface area contributed by atoms with Crippen LogP contribution in [0.3, 0.4) is 0 Å². The average molecular weight is 450 g/mol. The van der Waals surface area contributed by atoms with E-state index in [1.54, 1.807) is 0 Å². The molecule has 1 amide bonds. The molecule has 2 heterocycles. The number of aromatic nitrogens is 1. The number of hydrogen-bond acceptors (Lipinski definition) is 3. The van der Waals surface area contributed by atoms with Gasteiger partial charge in [0.2, 0.25) is 0 Å². The fraction of sp³-hybridized carbons (Fsp3) is 0.267. The Morgan fingerprint density at radius 2 is 1.82 bits per heavy atom. The largest absolute Gasteiger partial charge is 0.335 e. The summed E-state index contributed by atoms with van der Waals surface area (Å²) in [6.45, 7) is 3.60. The third-order valence-corrected chi connectivity index (χ3v) is 6.88. The molecule has 2 atom stereocenters. The Morgan fingerprint density at radius 3 is 2.68 bits per heavy atom. The number of fused-ring (bicyclic) bond motifs is 1. The molecule has 1 fully saturated rings. The molecular weight excluding hydrogens is 418 g/mol. The Kier molecular flexibility index (Phi) is 6.68. The number of piperidine rings is 1. The zero-order valence-corrected chi connectivity index (χ0v) is 19.7. The number of carbonyl (C=O) groups excluding carboxylic acids is 1. The summed E-state index contributed by atoms with van der Waals surface area (Å²) < 4.78 is 0. The number of pyridine rings is 1. The van der Waals surface area contributed by atoms with Crippen LogP contribution in [0.4, 0.5) is 0 Å². The summed E-state index contributed by atoms with van der Waals surface area (Å²) in [6.07, 6.45) is 4.65. The van der Waals surface area contributed by atoms with Gasteiger partial charge in [0.1, 0.15) is 0 Å². The second-order valence-electron chi connectivity index (χ2n) is 9.30. The molecule has 34 heavy (non-hydrogen) atoms. The van der Waals surface area contributed by atoms with Gasteiger partial charge in [0.15, 0.2) is 0 Å². The van der Waals surface area contributed by atoms with Crippen LogP contribution in [0, 0.1) is 6.92 Å². The van der Waals surface area contributed by atoms with Gasteiger partial charge in [-0.05, 0) is 61.6 Å². The molecule has 0 unspecified atom stereocenters. The summed E-state index contributed by atoms with van der Waals surface area (Å²) >= 11 is 0. The van der Waals surface area contributed by atoms with E-state index in [0.717, 1.165) is 49.0 Å². The summed E-state index contributed by atoms with van der Waals surface area (Å²) in [7, 11) is 0. The molecule has 1 aliphatic heterocycles. The van der Waals surface area contributed by atoms with Crippen molar-refractivity contribution in [1.29, 1.82) is 0 Å². The third-order valence-electron chi connectivity index (χ3n) is 6.88. The monoisotopic (exact) mass is 449 g/mol. The van der Waals surface area contributed by atoms with Gasteiger partial charge in [-0.25, -0.2) is 0 Å². The molecule has 0 bridgehead atoms. The first kappa shape index (κ1) is 22.3. The Morgan fingerprint density at radius 1 is 1.00 bits per heavy atom. The van der Waals surface area contributed by atoms with E-state index in [1.165, 1.54) is 16.5 Å². The fourth-order valence-corrected chi connectivity index (χ4v) is 5.09. The molecule has 4 heteroatoms. The highest BCUT2D eigenvalue weighted by Gasteiger charge is 2.32. The Balaban J connectivity index is 1.33. The highest BCUT2D eigenvalue weighted by Crippen LogP contribution is 2.25. The molecule has 1 saturated heterocycles. The van der Waals surface area contributed by atoms with Gasteiger partial charge >= 0.3 is 0 Å². The van der Waals surface area contributed by atoms with E-state index in [1.807, 2.05) is 49.5 Å².